The Hall–Kier alpha value is -2.30. The highest BCUT2D eigenvalue weighted by molar-refractivity contribution is 5.81. The highest BCUT2D eigenvalue weighted by Crippen LogP contribution is 2.34. The number of anilines is 1. The van der Waals surface area contributed by atoms with Crippen LogP contribution in [0.25, 0.3) is 11.2 Å². The van der Waals surface area contributed by atoms with E-state index in [0.29, 0.717) is 17.6 Å². The van der Waals surface area contributed by atoms with Crippen LogP contribution in [0.1, 0.15) is 32.4 Å². The lowest BCUT2D eigenvalue weighted by Gasteiger charge is -2.21. The van der Waals surface area contributed by atoms with Gasteiger partial charge in [-0.2, -0.15) is 0 Å². The van der Waals surface area contributed by atoms with Crippen molar-refractivity contribution >= 4 is 23.0 Å². The Balaban J connectivity index is 1.90. The smallest absolute Gasteiger partial charge is 0.306 e. The average molecular weight is 351 g/mol. The van der Waals surface area contributed by atoms with Crippen LogP contribution < -0.4 is 5.73 Å². The lowest BCUT2D eigenvalue weighted by atomic mass is 10.1. The summed E-state index contributed by atoms with van der Waals surface area (Å²) in [4.78, 5) is 24.2. The third kappa shape index (κ3) is 3.28. The van der Waals surface area contributed by atoms with E-state index in [1.165, 1.54) is 17.2 Å². The lowest BCUT2D eigenvalue weighted by Crippen LogP contribution is -2.37. The summed E-state index contributed by atoms with van der Waals surface area (Å²) in [5, 5.41) is 19.8. The van der Waals surface area contributed by atoms with Gasteiger partial charge in [-0.1, -0.05) is 13.3 Å². The van der Waals surface area contributed by atoms with Gasteiger partial charge in [0.1, 0.15) is 24.1 Å². The summed E-state index contributed by atoms with van der Waals surface area (Å²) < 4.78 is 12.6. The number of unbranched alkanes of at least 4 members (excludes halogenated alkanes) is 1. The largest absolute Gasteiger partial charge is 0.455 e. The van der Waals surface area contributed by atoms with Crippen LogP contribution in [0.3, 0.4) is 0 Å². The van der Waals surface area contributed by atoms with Crippen molar-refractivity contribution in [2.45, 2.75) is 50.7 Å². The molecule has 1 aliphatic heterocycles. The standard InChI is InChI=1S/C15H21N5O5/c1-2-3-4-9(22)25-12-11(23)8(5-21)24-15(12)20-7-19-10-13(16)17-6-18-14(10)20/h6-8,11-12,15,21,23H,2-5H2,1H3,(H2,16,17,18). The van der Waals surface area contributed by atoms with Gasteiger partial charge in [0.05, 0.1) is 12.9 Å². The van der Waals surface area contributed by atoms with Gasteiger partial charge in [0.25, 0.3) is 0 Å². The number of rotatable bonds is 6. The molecular formula is C15H21N5O5. The molecule has 4 atom stereocenters. The maximum atomic E-state index is 12.0. The van der Waals surface area contributed by atoms with Crippen LogP contribution in [0.2, 0.25) is 0 Å². The Morgan fingerprint density at radius 2 is 2.24 bits per heavy atom. The van der Waals surface area contributed by atoms with Crippen LogP contribution in [0.5, 0.6) is 0 Å². The zero-order chi connectivity index (χ0) is 18.0. The van der Waals surface area contributed by atoms with Gasteiger partial charge < -0.3 is 25.4 Å². The van der Waals surface area contributed by atoms with E-state index in [1.54, 1.807) is 0 Å². The Morgan fingerprint density at radius 1 is 1.44 bits per heavy atom. The van der Waals surface area contributed by atoms with E-state index < -0.39 is 37.1 Å². The summed E-state index contributed by atoms with van der Waals surface area (Å²) >= 11 is 0. The van der Waals surface area contributed by atoms with Crippen molar-refractivity contribution in [3.8, 4) is 0 Å². The van der Waals surface area contributed by atoms with Crippen LogP contribution in [0, 0.1) is 0 Å². The van der Waals surface area contributed by atoms with Crippen LogP contribution >= 0.6 is 0 Å². The molecule has 10 heteroatoms. The van der Waals surface area contributed by atoms with Gasteiger partial charge in [-0.3, -0.25) is 9.36 Å². The van der Waals surface area contributed by atoms with E-state index >= 15 is 0 Å². The van der Waals surface area contributed by atoms with Crippen LogP contribution in [-0.4, -0.2) is 60.6 Å². The highest BCUT2D eigenvalue weighted by atomic mass is 16.6. The van der Waals surface area contributed by atoms with Gasteiger partial charge in [-0.25, -0.2) is 15.0 Å². The fraction of sp³-hybridized carbons (Fsp3) is 0.600. The van der Waals surface area contributed by atoms with Crippen LogP contribution in [0.15, 0.2) is 12.7 Å². The van der Waals surface area contributed by atoms with Crippen molar-refractivity contribution in [3.05, 3.63) is 12.7 Å². The normalized spacial score (nSPS) is 26.2. The first-order valence-corrected chi connectivity index (χ1v) is 8.13. The minimum atomic E-state index is -1.17. The van der Waals surface area contributed by atoms with Crippen molar-refractivity contribution in [2.24, 2.45) is 0 Å². The zero-order valence-corrected chi connectivity index (χ0v) is 13.8. The molecule has 0 bridgehead atoms. The molecule has 3 rings (SSSR count). The minimum absolute atomic E-state index is 0.206. The number of aliphatic hydroxyl groups excluding tert-OH is 2. The predicted octanol–water partition coefficient (Wildman–Crippen LogP) is -0.239. The first-order valence-electron chi connectivity index (χ1n) is 8.13. The zero-order valence-electron chi connectivity index (χ0n) is 13.8. The summed E-state index contributed by atoms with van der Waals surface area (Å²) in [7, 11) is 0. The van der Waals surface area contributed by atoms with E-state index in [-0.39, 0.29) is 12.2 Å². The Bertz CT molecular complexity index is 751. The summed E-state index contributed by atoms with van der Waals surface area (Å²) in [6.45, 7) is 1.55. The molecule has 3 heterocycles. The van der Waals surface area contributed by atoms with Crippen molar-refractivity contribution in [2.75, 3.05) is 12.3 Å². The molecule has 1 fully saturated rings. The number of nitrogens with two attached hydrogens (primary N) is 1. The number of ether oxygens (including phenoxy) is 2. The number of carbonyl (C=O) groups is 1. The summed E-state index contributed by atoms with van der Waals surface area (Å²) in [5.41, 5.74) is 6.54. The summed E-state index contributed by atoms with van der Waals surface area (Å²) in [6, 6.07) is 0. The molecule has 25 heavy (non-hydrogen) atoms. The van der Waals surface area contributed by atoms with Gasteiger partial charge in [-0.15, -0.1) is 0 Å². The first-order chi connectivity index (χ1) is 12.1. The number of hydrogen-bond donors (Lipinski definition) is 3. The Morgan fingerprint density at radius 3 is 2.96 bits per heavy atom. The van der Waals surface area contributed by atoms with Crippen LogP contribution in [-0.2, 0) is 14.3 Å². The molecule has 10 nitrogen and oxygen atoms in total. The molecular weight excluding hydrogens is 330 g/mol. The number of esters is 1. The maximum Gasteiger partial charge on any atom is 0.306 e. The molecule has 0 spiro atoms. The number of carbonyl (C=O) groups excluding carboxylic acids is 1. The van der Waals surface area contributed by atoms with Crippen molar-refractivity contribution in [3.63, 3.8) is 0 Å². The number of hydrogen-bond acceptors (Lipinski definition) is 9. The number of fused-ring (bicyclic) bond motifs is 1. The second-order valence-corrected chi connectivity index (χ2v) is 5.88. The van der Waals surface area contributed by atoms with Crippen molar-refractivity contribution < 1.29 is 24.5 Å². The van der Waals surface area contributed by atoms with Gasteiger partial charge in [0, 0.05) is 6.42 Å². The quantitative estimate of drug-likeness (QED) is 0.600. The molecule has 1 saturated heterocycles. The molecule has 4 N–H and O–H groups in total. The molecule has 0 aromatic carbocycles. The summed E-state index contributed by atoms with van der Waals surface area (Å²) in [5.74, 6) is -0.228. The molecule has 2 aromatic rings. The fourth-order valence-electron chi connectivity index (χ4n) is 2.81. The summed E-state index contributed by atoms with van der Waals surface area (Å²) in [6.07, 6.45) is 0.580. The molecule has 0 saturated carbocycles. The number of aromatic nitrogens is 4. The minimum Gasteiger partial charge on any atom is -0.455 e. The molecule has 1 aliphatic rings. The maximum absolute atomic E-state index is 12.0. The molecule has 0 radical (unpaired) electrons. The van der Waals surface area contributed by atoms with Gasteiger partial charge in [0.2, 0.25) is 0 Å². The van der Waals surface area contributed by atoms with Gasteiger partial charge in [0.15, 0.2) is 23.8 Å². The SMILES string of the molecule is CCCCC(=O)OC1C(O)C(CO)OC1n1cnc2c(N)ncnc21. The van der Waals surface area contributed by atoms with E-state index in [9.17, 15) is 15.0 Å². The van der Waals surface area contributed by atoms with E-state index in [1.807, 2.05) is 6.92 Å². The number of imidazole rings is 1. The number of nitrogens with zero attached hydrogens (tertiary/aromatic N) is 4. The second-order valence-electron chi connectivity index (χ2n) is 5.88. The number of nitrogen functional groups attached to an aromatic ring is 1. The average Bonchev–Trinajstić information content (AvgIpc) is 3.16. The Kier molecular flexibility index (Phi) is 5.11. The monoisotopic (exact) mass is 351 g/mol. The Labute approximate surface area is 143 Å². The number of aliphatic hydroxyl groups is 2. The predicted molar refractivity (Wildman–Crippen MR) is 86.1 cm³/mol. The fourth-order valence-corrected chi connectivity index (χ4v) is 2.81. The van der Waals surface area contributed by atoms with E-state index in [4.69, 9.17) is 15.2 Å². The third-order valence-electron chi connectivity index (χ3n) is 4.16. The topological polar surface area (TPSA) is 146 Å². The van der Waals surface area contributed by atoms with Crippen LogP contribution in [0.4, 0.5) is 5.82 Å². The van der Waals surface area contributed by atoms with Crippen molar-refractivity contribution in [1.29, 1.82) is 0 Å². The molecule has 4 unspecified atom stereocenters. The van der Waals surface area contributed by atoms with E-state index in [2.05, 4.69) is 15.0 Å². The second kappa shape index (κ2) is 7.30. The lowest BCUT2D eigenvalue weighted by molar-refractivity contribution is -0.158. The third-order valence-corrected chi connectivity index (χ3v) is 4.16. The molecule has 0 amide bonds. The molecule has 136 valence electrons. The van der Waals surface area contributed by atoms with E-state index in [0.717, 1.165) is 6.42 Å². The molecule has 2 aromatic heterocycles. The molecule has 0 aliphatic carbocycles. The van der Waals surface area contributed by atoms with Gasteiger partial charge in [-0.05, 0) is 6.42 Å². The van der Waals surface area contributed by atoms with Gasteiger partial charge >= 0.3 is 5.97 Å². The van der Waals surface area contributed by atoms with Crippen molar-refractivity contribution in [1.82, 2.24) is 19.5 Å². The first kappa shape index (κ1) is 17.5. The highest BCUT2D eigenvalue weighted by Gasteiger charge is 2.47.